The molecule has 106 valence electrons. The van der Waals surface area contributed by atoms with Gasteiger partial charge in [0.1, 0.15) is 11.6 Å². The van der Waals surface area contributed by atoms with Crippen LogP contribution in [0.1, 0.15) is 18.7 Å². The van der Waals surface area contributed by atoms with Crippen LogP contribution < -0.4 is 16.6 Å². The molecule has 1 aromatic rings. The molecule has 2 aliphatic rings. The van der Waals surface area contributed by atoms with Gasteiger partial charge in [-0.25, -0.2) is 4.98 Å². The van der Waals surface area contributed by atoms with Gasteiger partial charge < -0.3 is 16.0 Å². The Balaban J connectivity index is 1.51. The molecule has 3 atom stereocenters. The summed E-state index contributed by atoms with van der Waals surface area (Å²) in [5, 5.41) is 2.92. The summed E-state index contributed by atoms with van der Waals surface area (Å²) in [5.74, 6) is 1.91. The van der Waals surface area contributed by atoms with E-state index in [1.807, 2.05) is 0 Å². The smallest absolute Gasteiger partial charge is 0.252 e. The Morgan fingerprint density at radius 2 is 2.30 bits per heavy atom. The number of fused-ring (bicyclic) bond motifs is 2. The third-order valence-corrected chi connectivity index (χ3v) is 4.09. The van der Waals surface area contributed by atoms with Crippen molar-refractivity contribution < 1.29 is 4.79 Å². The fourth-order valence-electron chi connectivity index (χ4n) is 3.16. The highest BCUT2D eigenvalue weighted by molar-refractivity contribution is 5.79. The average Bonchev–Trinajstić information content (AvgIpc) is 2.99. The van der Waals surface area contributed by atoms with Gasteiger partial charge >= 0.3 is 0 Å². The van der Waals surface area contributed by atoms with Crippen molar-refractivity contribution in [2.24, 2.45) is 17.8 Å². The number of carbonyl (C=O) groups excluding carboxylic acids is 1. The van der Waals surface area contributed by atoms with Gasteiger partial charge in [0.15, 0.2) is 0 Å². The van der Waals surface area contributed by atoms with Crippen LogP contribution >= 0.6 is 0 Å². The van der Waals surface area contributed by atoms with E-state index in [2.05, 4.69) is 27.4 Å². The quantitative estimate of drug-likeness (QED) is 0.684. The Labute approximate surface area is 116 Å². The number of hydrogen-bond donors (Lipinski definition) is 3. The Kier molecular flexibility index (Phi) is 3.30. The van der Waals surface area contributed by atoms with E-state index in [0.717, 1.165) is 12.8 Å². The molecule has 2 bridgehead atoms. The Morgan fingerprint density at radius 1 is 1.45 bits per heavy atom. The number of hydrogen-bond acceptors (Lipinski definition) is 4. The maximum absolute atomic E-state index is 12.1. The highest BCUT2D eigenvalue weighted by Gasteiger charge is 2.39. The minimum absolute atomic E-state index is 0.105. The van der Waals surface area contributed by atoms with Gasteiger partial charge in [-0.3, -0.25) is 9.59 Å². The number of nitrogens with two attached hydrogens (primary N) is 1. The molecule has 20 heavy (non-hydrogen) atoms. The Morgan fingerprint density at radius 3 is 2.95 bits per heavy atom. The van der Waals surface area contributed by atoms with Crippen LogP contribution in [-0.2, 0) is 11.2 Å². The Bertz CT molecular complexity index is 607. The van der Waals surface area contributed by atoms with Crippen LogP contribution in [0.5, 0.6) is 0 Å². The second-order valence-corrected chi connectivity index (χ2v) is 5.54. The first-order valence-electron chi connectivity index (χ1n) is 6.93. The lowest BCUT2D eigenvalue weighted by atomic mass is 9.93. The maximum Gasteiger partial charge on any atom is 0.252 e. The van der Waals surface area contributed by atoms with E-state index in [-0.39, 0.29) is 23.2 Å². The lowest BCUT2D eigenvalue weighted by Gasteiger charge is -2.17. The topological polar surface area (TPSA) is 101 Å². The minimum Gasteiger partial charge on any atom is -0.383 e. The first-order chi connectivity index (χ1) is 9.61. The molecule has 0 aliphatic heterocycles. The fourth-order valence-corrected chi connectivity index (χ4v) is 3.16. The molecule has 6 heteroatoms. The van der Waals surface area contributed by atoms with Gasteiger partial charge in [0.25, 0.3) is 5.56 Å². The molecule has 0 saturated heterocycles. The zero-order valence-electron chi connectivity index (χ0n) is 11.1. The zero-order valence-corrected chi connectivity index (χ0v) is 11.1. The van der Waals surface area contributed by atoms with E-state index >= 15 is 0 Å². The molecule has 0 aromatic carbocycles. The molecule has 1 aromatic heterocycles. The number of allylic oxidation sites excluding steroid dienone is 2. The predicted octanol–water partition coefficient (Wildman–Crippen LogP) is 0.223. The standard InChI is InChI=1S/C14H18N4O2/c15-11-7-13(19)18-12(17-11)3-4-16-14(20)10-6-8-1-2-9(10)5-8/h1-2,7-10H,3-6H2,(H,16,20)(H3,15,17,18,19)/t8-,9+,10-/m1/s1. The van der Waals surface area contributed by atoms with E-state index in [0.29, 0.717) is 30.6 Å². The van der Waals surface area contributed by atoms with E-state index in [4.69, 9.17) is 5.73 Å². The lowest BCUT2D eigenvalue weighted by Crippen LogP contribution is -2.34. The van der Waals surface area contributed by atoms with Crippen molar-refractivity contribution in [3.05, 3.63) is 34.4 Å². The summed E-state index contributed by atoms with van der Waals surface area (Å²) in [4.78, 5) is 30.0. The van der Waals surface area contributed by atoms with Crippen LogP contribution in [-0.4, -0.2) is 22.4 Å². The van der Waals surface area contributed by atoms with Crippen LogP contribution in [0.15, 0.2) is 23.0 Å². The van der Waals surface area contributed by atoms with Gasteiger partial charge in [0.05, 0.1) is 0 Å². The first kappa shape index (κ1) is 12.9. The molecule has 1 fully saturated rings. The second kappa shape index (κ2) is 5.11. The van der Waals surface area contributed by atoms with Gasteiger partial charge in [-0.05, 0) is 24.7 Å². The molecular weight excluding hydrogens is 256 g/mol. The molecule has 1 amide bonds. The van der Waals surface area contributed by atoms with E-state index in [9.17, 15) is 9.59 Å². The van der Waals surface area contributed by atoms with Crippen molar-refractivity contribution in [2.45, 2.75) is 19.3 Å². The summed E-state index contributed by atoms with van der Waals surface area (Å²) in [7, 11) is 0. The van der Waals surface area contributed by atoms with Crippen molar-refractivity contribution in [3.63, 3.8) is 0 Å². The average molecular weight is 274 g/mol. The zero-order chi connectivity index (χ0) is 14.1. The molecule has 1 heterocycles. The summed E-state index contributed by atoms with van der Waals surface area (Å²) < 4.78 is 0. The number of aromatic amines is 1. The van der Waals surface area contributed by atoms with Crippen LogP contribution in [0.2, 0.25) is 0 Å². The number of nitrogen functional groups attached to an aromatic ring is 1. The highest BCUT2D eigenvalue weighted by Crippen LogP contribution is 2.43. The molecule has 3 rings (SSSR count). The number of nitrogens with one attached hydrogen (secondary N) is 2. The van der Waals surface area contributed by atoms with E-state index in [1.54, 1.807) is 0 Å². The minimum atomic E-state index is -0.267. The first-order valence-corrected chi connectivity index (χ1v) is 6.93. The van der Waals surface area contributed by atoms with E-state index < -0.39 is 0 Å². The summed E-state index contributed by atoms with van der Waals surface area (Å²) in [6.07, 6.45) is 6.93. The third-order valence-electron chi connectivity index (χ3n) is 4.09. The number of nitrogens with zero attached hydrogens (tertiary/aromatic N) is 1. The van der Waals surface area contributed by atoms with E-state index in [1.165, 1.54) is 6.07 Å². The summed E-state index contributed by atoms with van der Waals surface area (Å²) in [6.45, 7) is 0.461. The third kappa shape index (κ3) is 2.59. The maximum atomic E-state index is 12.1. The molecule has 0 unspecified atom stereocenters. The molecular formula is C14H18N4O2. The molecule has 0 radical (unpaired) electrons. The SMILES string of the molecule is Nc1cc(=O)[nH]c(CCNC(=O)[C@@H]2C[C@@H]3C=C[C@H]2C3)n1. The number of anilines is 1. The molecule has 4 N–H and O–H groups in total. The monoisotopic (exact) mass is 274 g/mol. The second-order valence-electron chi connectivity index (χ2n) is 5.54. The highest BCUT2D eigenvalue weighted by atomic mass is 16.2. The van der Waals surface area contributed by atoms with Gasteiger partial charge in [-0.15, -0.1) is 0 Å². The summed E-state index contributed by atoms with van der Waals surface area (Å²) in [5.41, 5.74) is 5.24. The molecule has 1 saturated carbocycles. The van der Waals surface area contributed by atoms with Gasteiger partial charge in [0.2, 0.25) is 5.91 Å². The van der Waals surface area contributed by atoms with Gasteiger partial charge in [-0.2, -0.15) is 0 Å². The summed E-state index contributed by atoms with van der Waals surface area (Å²) >= 11 is 0. The molecule has 6 nitrogen and oxygen atoms in total. The van der Waals surface area contributed by atoms with Crippen molar-refractivity contribution in [2.75, 3.05) is 12.3 Å². The number of aromatic nitrogens is 2. The van der Waals surface area contributed by atoms with Crippen LogP contribution in [0.4, 0.5) is 5.82 Å². The number of amides is 1. The van der Waals surface area contributed by atoms with Crippen molar-refractivity contribution in [3.8, 4) is 0 Å². The number of H-pyrrole nitrogens is 1. The van der Waals surface area contributed by atoms with Crippen LogP contribution in [0.25, 0.3) is 0 Å². The van der Waals surface area contributed by atoms with Gasteiger partial charge in [0, 0.05) is 24.9 Å². The fraction of sp³-hybridized carbons (Fsp3) is 0.500. The van der Waals surface area contributed by atoms with Crippen molar-refractivity contribution >= 4 is 11.7 Å². The summed E-state index contributed by atoms with van der Waals surface area (Å²) in [6, 6.07) is 1.24. The van der Waals surface area contributed by atoms with Crippen LogP contribution in [0, 0.1) is 17.8 Å². The normalized spacial score (nSPS) is 26.9. The molecule has 2 aliphatic carbocycles. The number of carbonyl (C=O) groups is 1. The molecule has 0 spiro atoms. The largest absolute Gasteiger partial charge is 0.383 e. The Hall–Kier alpha value is -2.11. The van der Waals surface area contributed by atoms with Crippen molar-refractivity contribution in [1.82, 2.24) is 15.3 Å². The van der Waals surface area contributed by atoms with Crippen molar-refractivity contribution in [1.29, 1.82) is 0 Å². The number of rotatable bonds is 4. The van der Waals surface area contributed by atoms with Crippen LogP contribution in [0.3, 0.4) is 0 Å². The predicted molar refractivity (Wildman–Crippen MR) is 74.8 cm³/mol. The lowest BCUT2D eigenvalue weighted by molar-refractivity contribution is -0.125. The van der Waals surface area contributed by atoms with Gasteiger partial charge in [-0.1, -0.05) is 12.2 Å².